The zero-order valence-corrected chi connectivity index (χ0v) is 19.1. The van der Waals surface area contributed by atoms with Crippen molar-refractivity contribution in [1.29, 1.82) is 0 Å². The first-order chi connectivity index (χ1) is 15.2. The van der Waals surface area contributed by atoms with E-state index in [1.165, 1.54) is 18.3 Å². The maximum Gasteiger partial charge on any atom is 0.416 e. The molecule has 3 aromatic rings. The van der Waals surface area contributed by atoms with Crippen molar-refractivity contribution in [2.24, 2.45) is 0 Å². The van der Waals surface area contributed by atoms with Gasteiger partial charge in [0.15, 0.2) is 11.6 Å². The van der Waals surface area contributed by atoms with Gasteiger partial charge in [-0.05, 0) is 32.9 Å². The number of nitrogens with one attached hydrogen (secondary N) is 1. The Morgan fingerprint density at radius 2 is 2.03 bits per heavy atom. The highest BCUT2D eigenvalue weighted by atomic mass is 35.5. The van der Waals surface area contributed by atoms with Gasteiger partial charge in [0, 0.05) is 15.5 Å². The molecule has 0 aliphatic carbocycles. The van der Waals surface area contributed by atoms with Gasteiger partial charge < -0.3 is 15.2 Å². The Bertz CT molecular complexity index is 1140. The fourth-order valence-corrected chi connectivity index (χ4v) is 4.44. The lowest BCUT2D eigenvalue weighted by atomic mass is 10.1. The Kier molecular flexibility index (Phi) is 6.27. The fourth-order valence-electron chi connectivity index (χ4n) is 3.36. The third-order valence-corrected chi connectivity index (χ3v) is 6.47. The summed E-state index contributed by atoms with van der Waals surface area (Å²) in [5, 5.41) is 14.5. The van der Waals surface area contributed by atoms with Crippen molar-refractivity contribution < 1.29 is 19.0 Å². The molecule has 1 saturated heterocycles. The van der Waals surface area contributed by atoms with Gasteiger partial charge in [-0.1, -0.05) is 23.7 Å². The molecule has 1 aromatic carbocycles. The number of hydrogen-bond acceptors (Lipinski definition) is 8. The summed E-state index contributed by atoms with van der Waals surface area (Å²) in [6, 6.07) is 6.44. The largest absolute Gasteiger partial charge is 0.447 e. The second kappa shape index (κ2) is 8.97. The molecule has 2 N–H and O–H groups in total. The van der Waals surface area contributed by atoms with Crippen LogP contribution in [0.5, 0.6) is 0 Å². The third kappa shape index (κ3) is 4.38. The minimum absolute atomic E-state index is 0.0506. The average molecular weight is 478 g/mol. The van der Waals surface area contributed by atoms with Gasteiger partial charge in [0.25, 0.3) is 0 Å². The second-order valence-corrected chi connectivity index (χ2v) is 9.12. The van der Waals surface area contributed by atoms with E-state index in [-0.39, 0.29) is 24.4 Å². The van der Waals surface area contributed by atoms with Gasteiger partial charge in [-0.15, -0.1) is 11.3 Å². The van der Waals surface area contributed by atoms with E-state index < -0.39 is 24.1 Å². The molecular formula is C21H21ClFN5O3S. The van der Waals surface area contributed by atoms with E-state index in [2.05, 4.69) is 15.3 Å². The van der Waals surface area contributed by atoms with Crippen molar-refractivity contribution in [3.8, 4) is 11.3 Å². The summed E-state index contributed by atoms with van der Waals surface area (Å²) in [7, 11) is 0. The van der Waals surface area contributed by atoms with Gasteiger partial charge in [0.2, 0.25) is 5.95 Å². The van der Waals surface area contributed by atoms with Crippen molar-refractivity contribution in [1.82, 2.24) is 15.0 Å². The summed E-state index contributed by atoms with van der Waals surface area (Å²) >= 11 is 7.50. The number of aryl methyl sites for hydroxylation is 1. The minimum atomic E-state index is -0.921. The molecule has 1 unspecified atom stereocenters. The molecule has 168 valence electrons. The van der Waals surface area contributed by atoms with Crippen LogP contribution in [0.2, 0.25) is 5.02 Å². The van der Waals surface area contributed by atoms with Crippen molar-refractivity contribution >= 4 is 40.8 Å². The molecule has 4 rings (SSSR count). The topological polar surface area (TPSA) is 100 Å². The van der Waals surface area contributed by atoms with E-state index in [9.17, 15) is 14.3 Å². The van der Waals surface area contributed by atoms with Crippen LogP contribution in [-0.4, -0.2) is 44.9 Å². The molecular weight excluding hydrogens is 457 g/mol. The summed E-state index contributed by atoms with van der Waals surface area (Å²) in [4.78, 5) is 27.1. The quantitative estimate of drug-likeness (QED) is 0.535. The van der Waals surface area contributed by atoms with Gasteiger partial charge in [-0.2, -0.15) is 4.98 Å². The number of rotatable bonds is 6. The van der Waals surface area contributed by atoms with Crippen molar-refractivity contribution in [3.05, 3.63) is 51.2 Å². The number of cyclic esters (lactones) is 1. The summed E-state index contributed by atoms with van der Waals surface area (Å²) in [6.07, 6.45) is -0.708. The van der Waals surface area contributed by atoms with Crippen LogP contribution in [0.15, 0.2) is 30.5 Å². The van der Waals surface area contributed by atoms with Gasteiger partial charge in [0.1, 0.15) is 17.7 Å². The first-order valence-electron chi connectivity index (χ1n) is 9.91. The summed E-state index contributed by atoms with van der Waals surface area (Å²) < 4.78 is 19.4. The molecule has 0 bridgehead atoms. The molecule has 32 heavy (non-hydrogen) atoms. The number of halogens is 2. The molecule has 0 spiro atoms. The molecule has 0 radical (unpaired) electrons. The number of carbonyl (C=O) groups excluding carboxylic acids is 1. The molecule has 1 aliphatic rings. The molecule has 0 saturated carbocycles. The van der Waals surface area contributed by atoms with Gasteiger partial charge in [-0.25, -0.2) is 24.1 Å². The Hall–Kier alpha value is -2.82. The zero-order chi connectivity index (χ0) is 23.0. The molecule has 3 heterocycles. The summed E-state index contributed by atoms with van der Waals surface area (Å²) in [5.74, 6) is -0.915. The number of thiazole rings is 1. The Morgan fingerprint density at radius 3 is 2.72 bits per heavy atom. The highest BCUT2D eigenvalue weighted by Crippen LogP contribution is 2.32. The van der Waals surface area contributed by atoms with Gasteiger partial charge in [0.05, 0.1) is 24.0 Å². The van der Waals surface area contributed by atoms with Crippen LogP contribution in [0.25, 0.3) is 11.3 Å². The lowest BCUT2D eigenvalue weighted by Crippen LogP contribution is -2.42. The SMILES string of the molecule is Cc1sc([C@H](C)Nc2ncc(F)c(N3C(=O)OCC3[C@@H](C)O)n2)nc1-c1ccc(Cl)cc1. The maximum atomic E-state index is 14.5. The van der Waals surface area contributed by atoms with E-state index in [1.54, 1.807) is 0 Å². The number of carbonyl (C=O) groups is 1. The number of aliphatic hydroxyl groups is 1. The zero-order valence-electron chi connectivity index (χ0n) is 17.5. The first-order valence-corrected chi connectivity index (χ1v) is 11.1. The van der Waals surface area contributed by atoms with Crippen LogP contribution in [0, 0.1) is 12.7 Å². The lowest BCUT2D eigenvalue weighted by molar-refractivity contribution is 0.142. The lowest BCUT2D eigenvalue weighted by Gasteiger charge is -2.23. The third-order valence-electron chi connectivity index (χ3n) is 5.06. The number of benzene rings is 1. The number of aliphatic hydroxyl groups excluding tert-OH is 1. The van der Waals surface area contributed by atoms with Crippen molar-refractivity contribution in [3.63, 3.8) is 0 Å². The second-order valence-electron chi connectivity index (χ2n) is 7.45. The van der Waals surface area contributed by atoms with Gasteiger partial charge in [-0.3, -0.25) is 0 Å². The van der Waals surface area contributed by atoms with E-state index in [0.717, 1.165) is 32.2 Å². The van der Waals surface area contributed by atoms with Gasteiger partial charge >= 0.3 is 6.09 Å². The van der Waals surface area contributed by atoms with Crippen LogP contribution in [0.3, 0.4) is 0 Å². The minimum Gasteiger partial charge on any atom is -0.447 e. The van der Waals surface area contributed by atoms with Crippen LogP contribution < -0.4 is 10.2 Å². The molecule has 1 amide bonds. The smallest absolute Gasteiger partial charge is 0.416 e. The van der Waals surface area contributed by atoms with E-state index in [1.807, 2.05) is 38.1 Å². The molecule has 1 fully saturated rings. The fraction of sp³-hybridized carbons (Fsp3) is 0.333. The van der Waals surface area contributed by atoms with E-state index in [4.69, 9.17) is 21.3 Å². The predicted molar refractivity (Wildman–Crippen MR) is 121 cm³/mol. The number of amides is 1. The number of ether oxygens (including phenoxy) is 1. The molecule has 11 heteroatoms. The molecule has 2 aromatic heterocycles. The highest BCUT2D eigenvalue weighted by Gasteiger charge is 2.39. The van der Waals surface area contributed by atoms with E-state index >= 15 is 0 Å². The van der Waals surface area contributed by atoms with Crippen LogP contribution in [0.1, 0.15) is 29.8 Å². The van der Waals surface area contributed by atoms with Crippen LogP contribution in [0.4, 0.5) is 21.0 Å². The van der Waals surface area contributed by atoms with Crippen LogP contribution >= 0.6 is 22.9 Å². The predicted octanol–water partition coefficient (Wildman–Crippen LogP) is 4.58. The molecule has 8 nitrogen and oxygen atoms in total. The highest BCUT2D eigenvalue weighted by molar-refractivity contribution is 7.12. The Balaban J connectivity index is 1.57. The first kappa shape index (κ1) is 22.4. The van der Waals surface area contributed by atoms with E-state index in [0.29, 0.717) is 5.02 Å². The molecule has 1 aliphatic heterocycles. The number of nitrogens with zero attached hydrogens (tertiary/aromatic N) is 4. The molecule has 3 atom stereocenters. The summed E-state index contributed by atoms with van der Waals surface area (Å²) in [5.41, 5.74) is 1.81. The summed E-state index contributed by atoms with van der Waals surface area (Å²) in [6.45, 7) is 5.33. The standard InChI is InChI=1S/C21H21ClFN5O3S/c1-10(19-26-17(12(3)32-19)13-4-6-14(22)7-5-13)25-20-24-8-15(23)18(27-20)28-16(11(2)29)9-31-21(28)30/h4-8,10-11,16,29H,9H2,1-3H3,(H,24,25,27)/t10-,11+,16?/m0/s1. The number of anilines is 2. The average Bonchev–Trinajstić information content (AvgIpc) is 3.33. The number of hydrogen-bond donors (Lipinski definition) is 2. The Labute approximate surface area is 193 Å². The maximum absolute atomic E-state index is 14.5. The van der Waals surface area contributed by atoms with Crippen LogP contribution in [-0.2, 0) is 4.74 Å². The van der Waals surface area contributed by atoms with Crippen molar-refractivity contribution in [2.75, 3.05) is 16.8 Å². The normalized spacial score (nSPS) is 17.9. The Morgan fingerprint density at radius 1 is 1.31 bits per heavy atom. The monoisotopic (exact) mass is 477 g/mol. The number of aromatic nitrogens is 3. The van der Waals surface area contributed by atoms with Crippen molar-refractivity contribution in [2.45, 2.75) is 39.0 Å².